The van der Waals surface area contributed by atoms with Gasteiger partial charge in [0, 0.05) is 25.6 Å². The second kappa shape index (κ2) is 5.35. The van der Waals surface area contributed by atoms with Crippen LogP contribution >= 0.6 is 0 Å². The highest BCUT2D eigenvalue weighted by Crippen LogP contribution is 2.04. The summed E-state index contributed by atoms with van der Waals surface area (Å²) in [5, 5.41) is 3.35. The van der Waals surface area contributed by atoms with Gasteiger partial charge >= 0.3 is 0 Å². The summed E-state index contributed by atoms with van der Waals surface area (Å²) in [5.41, 5.74) is 0. The number of ketones is 1. The van der Waals surface area contributed by atoms with E-state index in [9.17, 15) is 4.79 Å². The molecule has 0 aromatic carbocycles. The second-order valence-corrected chi connectivity index (χ2v) is 4.03. The van der Waals surface area contributed by atoms with Gasteiger partial charge in [0.05, 0.1) is 6.54 Å². The molecule has 1 heterocycles. The molecule has 1 rings (SSSR count). The first kappa shape index (κ1) is 10.7. The van der Waals surface area contributed by atoms with Gasteiger partial charge in [-0.1, -0.05) is 13.8 Å². The maximum absolute atomic E-state index is 11.1. The zero-order valence-electron chi connectivity index (χ0n) is 8.68. The maximum Gasteiger partial charge on any atom is 0.146 e. The van der Waals surface area contributed by atoms with Crippen LogP contribution in [0.5, 0.6) is 0 Å². The first-order valence-corrected chi connectivity index (χ1v) is 5.16. The Hall–Kier alpha value is -0.410. The molecule has 1 N–H and O–H groups in total. The molecule has 0 aromatic heterocycles. The Balaban J connectivity index is 2.10. The summed E-state index contributed by atoms with van der Waals surface area (Å²) < 4.78 is 0. The van der Waals surface area contributed by atoms with Gasteiger partial charge in [-0.05, 0) is 13.0 Å². The molecule has 1 aliphatic rings. The Bertz CT molecular complexity index is 168. The van der Waals surface area contributed by atoms with E-state index >= 15 is 0 Å². The van der Waals surface area contributed by atoms with Gasteiger partial charge in [0.15, 0.2) is 0 Å². The first-order chi connectivity index (χ1) is 6.18. The van der Waals surface area contributed by atoms with Crippen LogP contribution in [0, 0.1) is 0 Å². The molecule has 0 atom stereocenters. The molecule has 0 bridgehead atoms. The van der Waals surface area contributed by atoms with Gasteiger partial charge in [-0.15, -0.1) is 0 Å². The van der Waals surface area contributed by atoms with Crippen LogP contribution in [0.2, 0.25) is 0 Å². The van der Waals surface area contributed by atoms with Crippen LogP contribution in [0.3, 0.4) is 0 Å². The molecule has 13 heavy (non-hydrogen) atoms. The van der Waals surface area contributed by atoms with Gasteiger partial charge in [-0.25, -0.2) is 0 Å². The molecule has 0 saturated carbocycles. The molecular weight excluding hydrogens is 164 g/mol. The molecule has 3 heteroatoms. The minimum atomic E-state index is 0.399. The number of carbonyl (C=O) groups is 1. The molecule has 3 nitrogen and oxygen atoms in total. The number of carbonyl (C=O) groups excluding carboxylic acids is 1. The summed E-state index contributed by atoms with van der Waals surface area (Å²) in [4.78, 5) is 13.3. The van der Waals surface area contributed by atoms with Gasteiger partial charge in [0.1, 0.15) is 5.78 Å². The van der Waals surface area contributed by atoms with Crippen molar-refractivity contribution >= 4 is 5.78 Å². The fourth-order valence-corrected chi connectivity index (χ4v) is 1.61. The third kappa shape index (κ3) is 4.39. The highest BCUT2D eigenvalue weighted by atomic mass is 16.1. The lowest BCUT2D eigenvalue weighted by Crippen LogP contribution is -2.40. The van der Waals surface area contributed by atoms with Gasteiger partial charge in [0.2, 0.25) is 0 Å². The number of piperidine rings is 1. The van der Waals surface area contributed by atoms with Gasteiger partial charge in [-0.2, -0.15) is 0 Å². The second-order valence-electron chi connectivity index (χ2n) is 4.03. The summed E-state index contributed by atoms with van der Waals surface area (Å²) in [7, 11) is 0. The van der Waals surface area contributed by atoms with Crippen molar-refractivity contribution in [2.24, 2.45) is 0 Å². The van der Waals surface area contributed by atoms with Crippen molar-refractivity contribution in [1.29, 1.82) is 0 Å². The van der Waals surface area contributed by atoms with Crippen molar-refractivity contribution in [3.8, 4) is 0 Å². The molecule has 1 saturated heterocycles. The minimum absolute atomic E-state index is 0.399. The Labute approximate surface area is 80.5 Å². The van der Waals surface area contributed by atoms with E-state index in [1.165, 1.54) is 0 Å². The summed E-state index contributed by atoms with van der Waals surface area (Å²) >= 11 is 0. The Morgan fingerprint density at radius 3 is 2.92 bits per heavy atom. The Morgan fingerprint density at radius 2 is 2.31 bits per heavy atom. The van der Waals surface area contributed by atoms with Crippen molar-refractivity contribution < 1.29 is 4.79 Å². The lowest BCUT2D eigenvalue weighted by atomic mass is 10.1. The summed E-state index contributed by atoms with van der Waals surface area (Å²) in [6.45, 7) is 8.03. The van der Waals surface area contributed by atoms with E-state index in [0.717, 1.165) is 32.5 Å². The third-order valence-electron chi connectivity index (χ3n) is 2.31. The average molecular weight is 184 g/mol. The van der Waals surface area contributed by atoms with Gasteiger partial charge in [0.25, 0.3) is 0 Å². The van der Waals surface area contributed by atoms with Crippen LogP contribution in [0.4, 0.5) is 0 Å². The largest absolute Gasteiger partial charge is 0.313 e. The van der Waals surface area contributed by atoms with Gasteiger partial charge < -0.3 is 5.32 Å². The number of rotatable bonds is 4. The molecule has 0 unspecified atom stereocenters. The monoisotopic (exact) mass is 184 g/mol. The molecule has 76 valence electrons. The molecule has 1 fully saturated rings. The van der Waals surface area contributed by atoms with Crippen LogP contribution in [0.15, 0.2) is 0 Å². The van der Waals surface area contributed by atoms with Crippen LogP contribution in [-0.2, 0) is 4.79 Å². The fraction of sp³-hybridized carbons (Fsp3) is 0.900. The number of hydrogen-bond donors (Lipinski definition) is 1. The summed E-state index contributed by atoms with van der Waals surface area (Å²) in [6, 6.07) is 0.542. The highest BCUT2D eigenvalue weighted by Gasteiger charge is 2.15. The number of hydrogen-bond acceptors (Lipinski definition) is 3. The fourth-order valence-electron chi connectivity index (χ4n) is 1.61. The molecule has 0 spiro atoms. The summed E-state index contributed by atoms with van der Waals surface area (Å²) in [6.07, 6.45) is 1.83. The maximum atomic E-state index is 11.1. The number of Topliss-reactive ketones (excluding diaryl/α,β-unsaturated/α-hetero) is 1. The zero-order valence-corrected chi connectivity index (χ0v) is 8.68. The lowest BCUT2D eigenvalue weighted by Gasteiger charge is -2.25. The Morgan fingerprint density at radius 1 is 1.54 bits per heavy atom. The summed E-state index contributed by atoms with van der Waals surface area (Å²) in [5.74, 6) is 0.399. The normalized spacial score (nSPS) is 19.8. The number of likely N-dealkylation sites (tertiary alicyclic amines) is 1. The molecule has 0 aliphatic carbocycles. The van der Waals surface area contributed by atoms with E-state index in [2.05, 4.69) is 24.1 Å². The smallest absolute Gasteiger partial charge is 0.146 e. The molecule has 1 aliphatic heterocycles. The van der Waals surface area contributed by atoms with Crippen molar-refractivity contribution in [3.05, 3.63) is 0 Å². The zero-order chi connectivity index (χ0) is 9.68. The lowest BCUT2D eigenvalue weighted by molar-refractivity contribution is -0.122. The minimum Gasteiger partial charge on any atom is -0.313 e. The van der Waals surface area contributed by atoms with Crippen molar-refractivity contribution in [1.82, 2.24) is 10.2 Å². The van der Waals surface area contributed by atoms with Crippen LogP contribution in [0.25, 0.3) is 0 Å². The Kier molecular flexibility index (Phi) is 4.39. The van der Waals surface area contributed by atoms with E-state index < -0.39 is 0 Å². The van der Waals surface area contributed by atoms with Crippen molar-refractivity contribution in [2.75, 3.05) is 26.2 Å². The van der Waals surface area contributed by atoms with Crippen LogP contribution < -0.4 is 5.32 Å². The SMILES string of the molecule is CC(C)NCCN1CCCC(=O)C1. The predicted molar refractivity (Wildman–Crippen MR) is 53.8 cm³/mol. The molecule has 0 aromatic rings. The highest BCUT2D eigenvalue weighted by molar-refractivity contribution is 5.81. The van der Waals surface area contributed by atoms with Crippen LogP contribution in [0.1, 0.15) is 26.7 Å². The first-order valence-electron chi connectivity index (χ1n) is 5.16. The molecule has 0 amide bonds. The number of nitrogens with one attached hydrogen (secondary N) is 1. The molecular formula is C10H20N2O. The van der Waals surface area contributed by atoms with Crippen LogP contribution in [-0.4, -0.2) is 42.9 Å². The van der Waals surface area contributed by atoms with Gasteiger partial charge in [-0.3, -0.25) is 9.69 Å². The van der Waals surface area contributed by atoms with Crippen molar-refractivity contribution in [2.45, 2.75) is 32.7 Å². The quantitative estimate of drug-likeness (QED) is 0.696. The van der Waals surface area contributed by atoms with E-state index in [4.69, 9.17) is 0 Å². The van der Waals surface area contributed by atoms with Crippen molar-refractivity contribution in [3.63, 3.8) is 0 Å². The predicted octanol–water partition coefficient (Wildman–Crippen LogP) is 0.649. The number of nitrogens with zero attached hydrogens (tertiary/aromatic N) is 1. The van der Waals surface area contributed by atoms with E-state index in [0.29, 0.717) is 18.4 Å². The topological polar surface area (TPSA) is 32.3 Å². The van der Waals surface area contributed by atoms with E-state index in [1.807, 2.05) is 0 Å². The van der Waals surface area contributed by atoms with E-state index in [1.54, 1.807) is 0 Å². The average Bonchev–Trinajstić information content (AvgIpc) is 2.03. The standard InChI is InChI=1S/C10H20N2O/c1-9(2)11-5-7-12-6-3-4-10(13)8-12/h9,11H,3-8H2,1-2H3. The van der Waals surface area contributed by atoms with E-state index in [-0.39, 0.29) is 0 Å². The molecule has 0 radical (unpaired) electrons. The third-order valence-corrected chi connectivity index (χ3v) is 2.31.